The number of carbonyl (C=O) groups is 1. The highest BCUT2D eigenvalue weighted by Crippen LogP contribution is 2.35. The average molecular weight is 415 g/mol. The van der Waals surface area contributed by atoms with E-state index in [4.69, 9.17) is 0 Å². The molecule has 1 atom stereocenters. The van der Waals surface area contributed by atoms with Crippen LogP contribution in [-0.4, -0.2) is 10.5 Å². The van der Waals surface area contributed by atoms with Crippen LogP contribution in [0, 0.1) is 12.7 Å². The molecule has 0 spiro atoms. The highest BCUT2D eigenvalue weighted by atomic mass is 19.1. The Hall–Kier alpha value is -3.40. The van der Waals surface area contributed by atoms with Crippen molar-refractivity contribution in [2.24, 2.45) is 0 Å². The molecule has 0 saturated heterocycles. The van der Waals surface area contributed by atoms with Crippen molar-refractivity contribution in [2.75, 3.05) is 0 Å². The Labute approximate surface area is 182 Å². The first-order valence-electron chi connectivity index (χ1n) is 10.7. The quantitative estimate of drug-likeness (QED) is 0.398. The standard InChI is InChI=1S/C27H27FN2O/c1-3-30-18-25(23-9-4-5-10-26(23)30)24(21-8-6-7-19(2)15-21)16-27(31)29-17-20-11-13-22(28)14-12-20/h4-15,18,24H,3,16-17H2,1-2H3,(H,29,31). The van der Waals surface area contributed by atoms with Crippen molar-refractivity contribution in [3.8, 4) is 0 Å². The van der Waals surface area contributed by atoms with Gasteiger partial charge in [-0.05, 0) is 48.7 Å². The van der Waals surface area contributed by atoms with E-state index in [-0.39, 0.29) is 17.6 Å². The maximum atomic E-state index is 13.1. The van der Waals surface area contributed by atoms with E-state index in [1.165, 1.54) is 34.2 Å². The summed E-state index contributed by atoms with van der Waals surface area (Å²) < 4.78 is 15.4. The third kappa shape index (κ3) is 4.69. The number of aryl methyl sites for hydroxylation is 2. The fourth-order valence-corrected chi connectivity index (χ4v) is 4.17. The topological polar surface area (TPSA) is 34.0 Å². The van der Waals surface area contributed by atoms with Gasteiger partial charge in [0.1, 0.15) is 5.82 Å². The van der Waals surface area contributed by atoms with Gasteiger partial charge in [-0.15, -0.1) is 0 Å². The second-order valence-corrected chi connectivity index (χ2v) is 7.96. The Morgan fingerprint density at radius 1 is 1.03 bits per heavy atom. The van der Waals surface area contributed by atoms with Crippen molar-refractivity contribution < 1.29 is 9.18 Å². The monoisotopic (exact) mass is 414 g/mol. The molecule has 0 saturated carbocycles. The van der Waals surface area contributed by atoms with Gasteiger partial charge in [-0.25, -0.2) is 4.39 Å². The molecule has 0 radical (unpaired) electrons. The number of para-hydroxylation sites is 1. The second-order valence-electron chi connectivity index (χ2n) is 7.96. The summed E-state index contributed by atoms with van der Waals surface area (Å²) in [6.07, 6.45) is 2.54. The molecule has 31 heavy (non-hydrogen) atoms. The predicted octanol–water partition coefficient (Wildman–Crippen LogP) is 5.95. The summed E-state index contributed by atoms with van der Waals surface area (Å²) in [6, 6.07) is 23.0. The highest BCUT2D eigenvalue weighted by molar-refractivity contribution is 5.86. The largest absolute Gasteiger partial charge is 0.352 e. The van der Waals surface area contributed by atoms with Crippen LogP contribution in [-0.2, 0) is 17.9 Å². The van der Waals surface area contributed by atoms with Crippen LogP contribution in [0.1, 0.15) is 41.5 Å². The molecular formula is C27H27FN2O. The fourth-order valence-electron chi connectivity index (χ4n) is 4.17. The van der Waals surface area contributed by atoms with Crippen LogP contribution >= 0.6 is 0 Å². The van der Waals surface area contributed by atoms with Gasteiger partial charge in [0, 0.05) is 42.5 Å². The van der Waals surface area contributed by atoms with Crippen LogP contribution in [0.4, 0.5) is 4.39 Å². The molecule has 4 rings (SSSR count). The van der Waals surface area contributed by atoms with E-state index in [0.29, 0.717) is 13.0 Å². The molecule has 1 heterocycles. The summed E-state index contributed by atoms with van der Waals surface area (Å²) in [5.41, 5.74) is 5.54. The Balaban J connectivity index is 1.64. The van der Waals surface area contributed by atoms with Crippen molar-refractivity contribution in [3.05, 3.63) is 107 Å². The number of fused-ring (bicyclic) bond motifs is 1. The molecule has 1 N–H and O–H groups in total. The molecule has 0 aliphatic heterocycles. The molecule has 0 aliphatic carbocycles. The van der Waals surface area contributed by atoms with Crippen LogP contribution < -0.4 is 5.32 Å². The summed E-state index contributed by atoms with van der Waals surface area (Å²) in [7, 11) is 0. The first-order chi connectivity index (χ1) is 15.0. The molecule has 158 valence electrons. The lowest BCUT2D eigenvalue weighted by atomic mass is 9.87. The number of amides is 1. The van der Waals surface area contributed by atoms with Crippen LogP contribution in [0.5, 0.6) is 0 Å². The lowest BCUT2D eigenvalue weighted by molar-refractivity contribution is -0.121. The first-order valence-corrected chi connectivity index (χ1v) is 10.7. The number of nitrogens with one attached hydrogen (secondary N) is 1. The van der Waals surface area contributed by atoms with E-state index in [1.54, 1.807) is 12.1 Å². The summed E-state index contributed by atoms with van der Waals surface area (Å²) in [6.45, 7) is 5.46. The number of rotatable bonds is 7. The smallest absolute Gasteiger partial charge is 0.221 e. The summed E-state index contributed by atoms with van der Waals surface area (Å²) in [4.78, 5) is 12.9. The van der Waals surface area contributed by atoms with Gasteiger partial charge in [-0.1, -0.05) is 60.2 Å². The number of benzene rings is 3. The van der Waals surface area contributed by atoms with E-state index in [0.717, 1.165) is 17.7 Å². The van der Waals surface area contributed by atoms with Gasteiger partial charge in [0.15, 0.2) is 0 Å². The molecule has 1 amide bonds. The van der Waals surface area contributed by atoms with Crippen molar-refractivity contribution in [1.82, 2.24) is 9.88 Å². The zero-order valence-corrected chi connectivity index (χ0v) is 17.9. The lowest BCUT2D eigenvalue weighted by Crippen LogP contribution is -2.25. The fraction of sp³-hybridized carbons (Fsp3) is 0.222. The molecule has 1 aromatic heterocycles. The summed E-state index contributed by atoms with van der Waals surface area (Å²) >= 11 is 0. The molecular weight excluding hydrogens is 387 g/mol. The molecule has 0 fully saturated rings. The average Bonchev–Trinajstić information content (AvgIpc) is 3.16. The number of hydrogen-bond acceptors (Lipinski definition) is 1. The minimum absolute atomic E-state index is 0.0239. The van der Waals surface area contributed by atoms with Crippen LogP contribution in [0.25, 0.3) is 10.9 Å². The number of aromatic nitrogens is 1. The number of nitrogens with zero attached hydrogens (tertiary/aromatic N) is 1. The molecule has 0 aliphatic rings. The third-order valence-corrected chi connectivity index (χ3v) is 5.77. The molecule has 3 nitrogen and oxygen atoms in total. The maximum Gasteiger partial charge on any atom is 0.221 e. The molecule has 0 bridgehead atoms. The minimum atomic E-state index is -0.276. The third-order valence-electron chi connectivity index (χ3n) is 5.77. The van der Waals surface area contributed by atoms with Crippen molar-refractivity contribution in [1.29, 1.82) is 0 Å². The predicted molar refractivity (Wildman–Crippen MR) is 123 cm³/mol. The van der Waals surface area contributed by atoms with Crippen LogP contribution in [0.3, 0.4) is 0 Å². The van der Waals surface area contributed by atoms with Gasteiger partial charge in [-0.2, -0.15) is 0 Å². The summed E-state index contributed by atoms with van der Waals surface area (Å²) in [5, 5.41) is 4.19. The molecule has 4 aromatic rings. The number of carbonyl (C=O) groups excluding carboxylic acids is 1. The maximum absolute atomic E-state index is 13.1. The second kappa shape index (κ2) is 9.17. The Kier molecular flexibility index (Phi) is 6.17. The van der Waals surface area contributed by atoms with Crippen LogP contribution in [0.2, 0.25) is 0 Å². The molecule has 4 heteroatoms. The van der Waals surface area contributed by atoms with Gasteiger partial charge in [0.05, 0.1) is 0 Å². The lowest BCUT2D eigenvalue weighted by Gasteiger charge is -2.18. The number of halogens is 1. The van der Waals surface area contributed by atoms with Gasteiger partial charge in [-0.3, -0.25) is 4.79 Å². The number of hydrogen-bond donors (Lipinski definition) is 1. The van der Waals surface area contributed by atoms with Gasteiger partial charge in [0.2, 0.25) is 5.91 Å². The van der Waals surface area contributed by atoms with E-state index >= 15 is 0 Å². The van der Waals surface area contributed by atoms with Gasteiger partial charge in [0.25, 0.3) is 0 Å². The Morgan fingerprint density at radius 3 is 2.55 bits per heavy atom. The van der Waals surface area contributed by atoms with Crippen molar-refractivity contribution >= 4 is 16.8 Å². The zero-order valence-electron chi connectivity index (χ0n) is 17.9. The van der Waals surface area contributed by atoms with E-state index < -0.39 is 0 Å². The Bertz CT molecular complexity index is 1190. The van der Waals surface area contributed by atoms with E-state index in [1.807, 2.05) is 12.1 Å². The first kappa shape index (κ1) is 20.9. The van der Waals surface area contributed by atoms with Crippen molar-refractivity contribution in [2.45, 2.75) is 39.3 Å². The molecule has 3 aromatic carbocycles. The molecule has 1 unspecified atom stereocenters. The Morgan fingerprint density at radius 2 is 1.81 bits per heavy atom. The zero-order chi connectivity index (χ0) is 21.8. The summed E-state index contributed by atoms with van der Waals surface area (Å²) in [5.74, 6) is -0.350. The normalized spacial score (nSPS) is 12.1. The minimum Gasteiger partial charge on any atom is -0.352 e. The highest BCUT2D eigenvalue weighted by Gasteiger charge is 2.22. The van der Waals surface area contributed by atoms with Crippen molar-refractivity contribution in [3.63, 3.8) is 0 Å². The van der Waals surface area contributed by atoms with Crippen LogP contribution in [0.15, 0.2) is 79.0 Å². The van der Waals surface area contributed by atoms with Gasteiger partial charge >= 0.3 is 0 Å². The van der Waals surface area contributed by atoms with E-state index in [9.17, 15) is 9.18 Å². The van der Waals surface area contributed by atoms with E-state index in [2.05, 4.69) is 66.3 Å². The SMILES string of the molecule is CCn1cc(C(CC(=O)NCc2ccc(F)cc2)c2cccc(C)c2)c2ccccc21. The van der Waals surface area contributed by atoms with Gasteiger partial charge < -0.3 is 9.88 Å².